The lowest BCUT2D eigenvalue weighted by Crippen LogP contribution is -2.27. The minimum Gasteiger partial charge on any atom is -0.353 e. The van der Waals surface area contributed by atoms with Crippen LogP contribution in [0.25, 0.3) is 0 Å². The van der Waals surface area contributed by atoms with E-state index in [1.165, 1.54) is 0 Å². The molecule has 0 radical (unpaired) electrons. The van der Waals surface area contributed by atoms with Crippen molar-refractivity contribution in [2.75, 3.05) is 0 Å². The molecule has 0 aliphatic heterocycles. The molecule has 1 aliphatic rings. The highest BCUT2D eigenvalue weighted by molar-refractivity contribution is 9.10. The second-order valence-electron chi connectivity index (χ2n) is 3.88. The Morgan fingerprint density at radius 1 is 1.38 bits per heavy atom. The van der Waals surface area contributed by atoms with Crippen molar-refractivity contribution in [3.63, 3.8) is 0 Å². The molecule has 0 saturated heterocycles. The van der Waals surface area contributed by atoms with Crippen LogP contribution in [0.15, 0.2) is 16.6 Å². The minimum absolute atomic E-state index is 0.0661. The van der Waals surface area contributed by atoms with Crippen LogP contribution in [0.1, 0.15) is 18.4 Å². The zero-order valence-corrected chi connectivity index (χ0v) is 9.98. The first-order valence-electron chi connectivity index (χ1n) is 4.99. The summed E-state index contributed by atoms with van der Waals surface area (Å²) in [4.78, 5) is 11.4. The van der Waals surface area contributed by atoms with Gasteiger partial charge in [-0.15, -0.1) is 0 Å². The van der Waals surface area contributed by atoms with Gasteiger partial charge in [0.15, 0.2) is 0 Å². The van der Waals surface area contributed by atoms with Crippen molar-refractivity contribution >= 4 is 21.8 Å². The molecule has 86 valence electrons. The molecule has 2 rings (SSSR count). The highest BCUT2D eigenvalue weighted by atomic mass is 79.9. The van der Waals surface area contributed by atoms with Gasteiger partial charge in [-0.1, -0.05) is 0 Å². The first-order chi connectivity index (χ1) is 7.56. The van der Waals surface area contributed by atoms with E-state index in [1.54, 1.807) is 0 Å². The van der Waals surface area contributed by atoms with Crippen LogP contribution in [0.2, 0.25) is 0 Å². The van der Waals surface area contributed by atoms with Crippen LogP contribution in [0, 0.1) is 11.6 Å². The largest absolute Gasteiger partial charge is 0.353 e. The average Bonchev–Trinajstić information content (AvgIpc) is 2.98. The van der Waals surface area contributed by atoms with E-state index in [0.717, 1.165) is 25.0 Å². The van der Waals surface area contributed by atoms with Crippen molar-refractivity contribution in [2.45, 2.75) is 25.3 Å². The van der Waals surface area contributed by atoms with E-state index in [0.29, 0.717) is 0 Å². The van der Waals surface area contributed by atoms with Crippen molar-refractivity contribution in [1.82, 2.24) is 5.32 Å². The number of benzene rings is 1. The molecule has 1 fully saturated rings. The first-order valence-corrected chi connectivity index (χ1v) is 5.78. The Kier molecular flexibility index (Phi) is 3.23. The van der Waals surface area contributed by atoms with Crippen molar-refractivity contribution in [1.29, 1.82) is 0 Å². The van der Waals surface area contributed by atoms with Crippen molar-refractivity contribution in [3.8, 4) is 0 Å². The van der Waals surface area contributed by atoms with E-state index >= 15 is 0 Å². The Bertz CT molecular complexity index is 432. The Balaban J connectivity index is 2.07. The Labute approximate surface area is 100 Å². The molecule has 1 amide bonds. The number of nitrogens with one attached hydrogen (secondary N) is 1. The summed E-state index contributed by atoms with van der Waals surface area (Å²) in [6.45, 7) is 0. The van der Waals surface area contributed by atoms with Gasteiger partial charge in [-0.2, -0.15) is 0 Å². The fourth-order valence-electron chi connectivity index (χ4n) is 1.38. The molecule has 0 bridgehead atoms. The number of rotatable bonds is 3. The molecule has 1 aromatic rings. The molecule has 1 aliphatic carbocycles. The Morgan fingerprint density at radius 2 is 2.06 bits per heavy atom. The summed E-state index contributed by atoms with van der Waals surface area (Å²) >= 11 is 2.88. The number of halogens is 3. The van der Waals surface area contributed by atoms with E-state index in [9.17, 15) is 13.6 Å². The lowest BCUT2D eigenvalue weighted by molar-refractivity contribution is -0.120. The third-order valence-electron chi connectivity index (χ3n) is 2.38. The van der Waals surface area contributed by atoms with Gasteiger partial charge >= 0.3 is 0 Å². The number of hydrogen-bond donors (Lipinski definition) is 1. The molecule has 5 heteroatoms. The predicted octanol–water partition coefficient (Wildman–Crippen LogP) is 2.55. The summed E-state index contributed by atoms with van der Waals surface area (Å²) in [6.07, 6.45) is 1.83. The van der Waals surface area contributed by atoms with Gasteiger partial charge in [-0.05, 0) is 40.9 Å². The van der Waals surface area contributed by atoms with Crippen molar-refractivity contribution in [3.05, 3.63) is 33.8 Å². The molecule has 0 unspecified atom stereocenters. The second-order valence-corrected chi connectivity index (χ2v) is 4.73. The minimum atomic E-state index is -0.570. The van der Waals surface area contributed by atoms with E-state index < -0.39 is 11.6 Å². The molecule has 1 saturated carbocycles. The maximum atomic E-state index is 13.4. The zero-order chi connectivity index (χ0) is 11.7. The third-order valence-corrected chi connectivity index (χ3v) is 2.99. The molecule has 16 heavy (non-hydrogen) atoms. The van der Waals surface area contributed by atoms with Gasteiger partial charge < -0.3 is 5.32 Å². The molecule has 1 aromatic carbocycles. The van der Waals surface area contributed by atoms with Crippen LogP contribution in [0.5, 0.6) is 0 Å². The summed E-state index contributed by atoms with van der Waals surface area (Å²) in [5.41, 5.74) is 0.0823. The van der Waals surface area contributed by atoms with Crippen LogP contribution < -0.4 is 5.32 Å². The fourth-order valence-corrected chi connectivity index (χ4v) is 1.69. The maximum absolute atomic E-state index is 13.4. The molecule has 0 heterocycles. The fraction of sp³-hybridized carbons (Fsp3) is 0.364. The molecular weight excluding hydrogens is 280 g/mol. The summed E-state index contributed by atoms with van der Waals surface area (Å²) in [5, 5.41) is 2.72. The van der Waals surface area contributed by atoms with Gasteiger partial charge in [0.25, 0.3) is 0 Å². The van der Waals surface area contributed by atoms with Gasteiger partial charge in [-0.3, -0.25) is 4.79 Å². The van der Waals surface area contributed by atoms with Gasteiger partial charge in [-0.25, -0.2) is 8.78 Å². The number of hydrogen-bond acceptors (Lipinski definition) is 1. The van der Waals surface area contributed by atoms with Crippen molar-refractivity contribution in [2.24, 2.45) is 0 Å². The van der Waals surface area contributed by atoms with Gasteiger partial charge in [0, 0.05) is 11.6 Å². The van der Waals surface area contributed by atoms with Gasteiger partial charge in [0.2, 0.25) is 5.91 Å². The van der Waals surface area contributed by atoms with Crippen LogP contribution in [-0.2, 0) is 11.2 Å². The summed E-state index contributed by atoms with van der Waals surface area (Å²) in [6, 6.07) is 2.32. The highest BCUT2D eigenvalue weighted by Crippen LogP contribution is 2.21. The number of amides is 1. The normalized spacial score (nSPS) is 14.9. The molecule has 0 atom stereocenters. The second kappa shape index (κ2) is 4.49. The van der Waals surface area contributed by atoms with Gasteiger partial charge in [0.05, 0.1) is 10.9 Å². The van der Waals surface area contributed by atoms with E-state index in [-0.39, 0.29) is 28.4 Å². The van der Waals surface area contributed by atoms with E-state index in [1.807, 2.05) is 0 Å². The van der Waals surface area contributed by atoms with Crippen LogP contribution in [0.4, 0.5) is 8.78 Å². The summed E-state index contributed by atoms with van der Waals surface area (Å²) in [7, 11) is 0. The Morgan fingerprint density at radius 3 is 2.69 bits per heavy atom. The van der Waals surface area contributed by atoms with Crippen LogP contribution >= 0.6 is 15.9 Å². The quantitative estimate of drug-likeness (QED) is 0.852. The van der Waals surface area contributed by atoms with Gasteiger partial charge in [0.1, 0.15) is 11.6 Å². The summed E-state index contributed by atoms with van der Waals surface area (Å²) < 4.78 is 26.6. The molecular formula is C11H10BrF2NO. The SMILES string of the molecule is O=C(Cc1cc(F)c(Br)cc1F)NC1CC1. The van der Waals surface area contributed by atoms with E-state index in [4.69, 9.17) is 0 Å². The lowest BCUT2D eigenvalue weighted by Gasteiger charge is -2.05. The Hall–Kier alpha value is -0.970. The maximum Gasteiger partial charge on any atom is 0.224 e. The zero-order valence-electron chi connectivity index (χ0n) is 8.40. The topological polar surface area (TPSA) is 29.1 Å². The monoisotopic (exact) mass is 289 g/mol. The smallest absolute Gasteiger partial charge is 0.224 e. The first kappa shape index (κ1) is 11.5. The number of carbonyl (C=O) groups excluding carboxylic acids is 1. The van der Waals surface area contributed by atoms with Crippen LogP contribution in [0.3, 0.4) is 0 Å². The molecule has 2 nitrogen and oxygen atoms in total. The van der Waals surface area contributed by atoms with Crippen molar-refractivity contribution < 1.29 is 13.6 Å². The predicted molar refractivity (Wildman–Crippen MR) is 58.9 cm³/mol. The average molecular weight is 290 g/mol. The molecule has 0 spiro atoms. The highest BCUT2D eigenvalue weighted by Gasteiger charge is 2.23. The van der Waals surface area contributed by atoms with E-state index in [2.05, 4.69) is 21.2 Å². The third kappa shape index (κ3) is 2.78. The molecule has 1 N–H and O–H groups in total. The lowest BCUT2D eigenvalue weighted by atomic mass is 10.1. The number of carbonyl (C=O) groups is 1. The van der Waals surface area contributed by atoms with Crippen LogP contribution in [-0.4, -0.2) is 11.9 Å². The standard InChI is InChI=1S/C11H10BrF2NO/c12-8-5-9(13)6(3-10(8)14)4-11(16)15-7-1-2-7/h3,5,7H,1-2,4H2,(H,15,16). The molecule has 0 aromatic heterocycles. The summed E-state index contributed by atoms with van der Waals surface area (Å²) in [5.74, 6) is -1.39.